The highest BCUT2D eigenvalue weighted by atomic mass is 35.5. The van der Waals surface area contributed by atoms with Crippen molar-refractivity contribution in [3.63, 3.8) is 0 Å². The first-order chi connectivity index (χ1) is 16.0. The van der Waals surface area contributed by atoms with Crippen molar-refractivity contribution < 1.29 is 14.4 Å². The van der Waals surface area contributed by atoms with Gasteiger partial charge in [0.05, 0.1) is 21.8 Å². The number of nitrogens with zero attached hydrogens (tertiary/aromatic N) is 3. The summed E-state index contributed by atoms with van der Waals surface area (Å²) in [5.74, 6) is -0.0637. The summed E-state index contributed by atoms with van der Waals surface area (Å²) in [5, 5.41) is 3.54. The fourth-order valence-electron chi connectivity index (χ4n) is 4.32. The van der Waals surface area contributed by atoms with Crippen molar-refractivity contribution in [1.29, 1.82) is 0 Å². The lowest BCUT2D eigenvalue weighted by Gasteiger charge is -2.32. The molecule has 0 unspecified atom stereocenters. The van der Waals surface area contributed by atoms with Crippen molar-refractivity contribution in [3.8, 4) is 0 Å². The molecule has 1 aromatic heterocycles. The lowest BCUT2D eigenvalue weighted by atomic mass is 9.95. The van der Waals surface area contributed by atoms with Crippen molar-refractivity contribution in [2.45, 2.75) is 12.8 Å². The summed E-state index contributed by atoms with van der Waals surface area (Å²) in [5.41, 5.74) is 1.76. The number of benzene rings is 2. The van der Waals surface area contributed by atoms with Gasteiger partial charge in [0, 0.05) is 30.9 Å². The summed E-state index contributed by atoms with van der Waals surface area (Å²) in [4.78, 5) is 46.0. The van der Waals surface area contributed by atoms with Crippen molar-refractivity contribution in [2.24, 2.45) is 5.92 Å². The third-order valence-electron chi connectivity index (χ3n) is 6.07. The van der Waals surface area contributed by atoms with Crippen LogP contribution in [0.5, 0.6) is 0 Å². The van der Waals surface area contributed by atoms with Crippen LogP contribution >= 0.6 is 11.6 Å². The Morgan fingerprint density at radius 1 is 0.939 bits per heavy atom. The molecular formula is C25H21ClN4O3. The van der Waals surface area contributed by atoms with Crippen molar-refractivity contribution in [2.75, 3.05) is 28.2 Å². The average Bonchev–Trinajstić information content (AvgIpc) is 3.10. The minimum Gasteiger partial charge on any atom is -0.357 e. The standard InChI is InChI=1S/C25H21ClN4O3/c26-17-8-9-22(27-15-17)29-12-10-16(11-13-29)23(31)28-18-4-3-5-19(14-18)30-24(32)20-6-1-2-7-21(20)25(30)33/h1-9,14-16H,10-13H2,(H,28,31). The molecule has 166 valence electrons. The van der Waals surface area contributed by atoms with E-state index in [1.807, 2.05) is 12.1 Å². The number of aromatic nitrogens is 1. The topological polar surface area (TPSA) is 82.6 Å². The molecule has 3 heterocycles. The van der Waals surface area contributed by atoms with Crippen LogP contribution in [-0.4, -0.2) is 35.8 Å². The smallest absolute Gasteiger partial charge is 0.266 e. The molecular weight excluding hydrogens is 440 g/mol. The van der Waals surface area contributed by atoms with Crippen LogP contribution in [0, 0.1) is 5.92 Å². The van der Waals surface area contributed by atoms with E-state index in [1.54, 1.807) is 54.7 Å². The van der Waals surface area contributed by atoms with E-state index in [-0.39, 0.29) is 23.6 Å². The van der Waals surface area contributed by atoms with Gasteiger partial charge in [-0.15, -0.1) is 0 Å². The molecule has 33 heavy (non-hydrogen) atoms. The first-order valence-electron chi connectivity index (χ1n) is 10.8. The zero-order chi connectivity index (χ0) is 22.9. The molecule has 5 rings (SSSR count). The number of halogens is 1. The Kier molecular flexibility index (Phi) is 5.56. The second-order valence-corrected chi connectivity index (χ2v) is 8.56. The lowest BCUT2D eigenvalue weighted by molar-refractivity contribution is -0.120. The van der Waals surface area contributed by atoms with E-state index in [1.165, 1.54) is 0 Å². The number of rotatable bonds is 4. The van der Waals surface area contributed by atoms with Gasteiger partial charge in [0.25, 0.3) is 11.8 Å². The molecule has 1 N–H and O–H groups in total. The lowest BCUT2D eigenvalue weighted by Crippen LogP contribution is -2.38. The monoisotopic (exact) mass is 460 g/mol. The van der Waals surface area contributed by atoms with Gasteiger partial charge in [0.2, 0.25) is 5.91 Å². The summed E-state index contributed by atoms with van der Waals surface area (Å²) in [7, 11) is 0. The largest absolute Gasteiger partial charge is 0.357 e. The number of nitrogens with one attached hydrogen (secondary N) is 1. The number of hydrogen-bond acceptors (Lipinski definition) is 5. The Hall–Kier alpha value is -3.71. The van der Waals surface area contributed by atoms with Crippen LogP contribution < -0.4 is 15.1 Å². The van der Waals surface area contributed by atoms with Gasteiger partial charge in [0.1, 0.15) is 5.82 Å². The van der Waals surface area contributed by atoms with Crippen LogP contribution in [0.2, 0.25) is 5.02 Å². The Labute approximate surface area is 196 Å². The Morgan fingerprint density at radius 3 is 2.27 bits per heavy atom. The summed E-state index contributed by atoms with van der Waals surface area (Å²) >= 11 is 5.91. The average molecular weight is 461 g/mol. The molecule has 1 fully saturated rings. The molecule has 2 aliphatic rings. The maximum atomic E-state index is 12.9. The first kappa shape index (κ1) is 21.2. The second-order valence-electron chi connectivity index (χ2n) is 8.13. The number of pyridine rings is 1. The van der Waals surface area contributed by atoms with Crippen LogP contribution in [0.15, 0.2) is 66.9 Å². The van der Waals surface area contributed by atoms with Crippen LogP contribution in [-0.2, 0) is 4.79 Å². The van der Waals surface area contributed by atoms with Crippen molar-refractivity contribution >= 4 is 46.5 Å². The Balaban J connectivity index is 1.24. The molecule has 1 saturated heterocycles. The second kappa shape index (κ2) is 8.67. The van der Waals surface area contributed by atoms with E-state index >= 15 is 0 Å². The van der Waals surface area contributed by atoms with Gasteiger partial charge in [-0.05, 0) is 55.3 Å². The van der Waals surface area contributed by atoms with Gasteiger partial charge in [-0.25, -0.2) is 9.88 Å². The third-order valence-corrected chi connectivity index (χ3v) is 6.29. The summed E-state index contributed by atoms with van der Waals surface area (Å²) in [6, 6.07) is 17.3. The van der Waals surface area contributed by atoms with Gasteiger partial charge in [-0.1, -0.05) is 29.8 Å². The number of imide groups is 1. The van der Waals surface area contributed by atoms with Crippen LogP contribution in [0.4, 0.5) is 17.2 Å². The van der Waals surface area contributed by atoms with Gasteiger partial charge in [-0.2, -0.15) is 0 Å². The molecule has 0 saturated carbocycles. The first-order valence-corrected chi connectivity index (χ1v) is 11.1. The van der Waals surface area contributed by atoms with Gasteiger partial charge < -0.3 is 10.2 Å². The van der Waals surface area contributed by atoms with E-state index in [9.17, 15) is 14.4 Å². The maximum absolute atomic E-state index is 12.9. The zero-order valence-electron chi connectivity index (χ0n) is 17.7. The van der Waals surface area contributed by atoms with Crippen molar-refractivity contribution in [3.05, 3.63) is 83.0 Å². The van der Waals surface area contributed by atoms with Crippen molar-refractivity contribution in [1.82, 2.24) is 4.98 Å². The Morgan fingerprint density at radius 2 is 1.64 bits per heavy atom. The molecule has 8 heteroatoms. The molecule has 3 amide bonds. The highest BCUT2D eigenvalue weighted by molar-refractivity contribution is 6.34. The van der Waals surface area contributed by atoms with E-state index < -0.39 is 0 Å². The number of piperidine rings is 1. The summed E-state index contributed by atoms with van der Waals surface area (Å²) in [6.07, 6.45) is 3.03. The highest BCUT2D eigenvalue weighted by Gasteiger charge is 2.36. The zero-order valence-corrected chi connectivity index (χ0v) is 18.5. The third kappa shape index (κ3) is 4.07. The fraction of sp³-hybridized carbons (Fsp3) is 0.200. The van der Waals surface area contributed by atoms with Gasteiger partial charge in [0.15, 0.2) is 0 Å². The normalized spacial score (nSPS) is 16.2. The number of hydrogen-bond donors (Lipinski definition) is 1. The molecule has 2 aliphatic heterocycles. The number of carbonyl (C=O) groups is 3. The van der Waals surface area contributed by atoms with E-state index in [0.717, 1.165) is 23.8 Å². The molecule has 0 bridgehead atoms. The molecule has 0 aliphatic carbocycles. The number of amides is 3. The van der Waals surface area contributed by atoms with E-state index in [0.29, 0.717) is 40.4 Å². The quantitative estimate of drug-likeness (QED) is 0.584. The Bertz CT molecular complexity index is 1200. The van der Waals surface area contributed by atoms with Gasteiger partial charge >= 0.3 is 0 Å². The number of fused-ring (bicyclic) bond motifs is 1. The fourth-order valence-corrected chi connectivity index (χ4v) is 4.43. The predicted octanol–water partition coefficient (Wildman–Crippen LogP) is 4.39. The molecule has 7 nitrogen and oxygen atoms in total. The molecule has 2 aromatic carbocycles. The maximum Gasteiger partial charge on any atom is 0.266 e. The van der Waals surface area contributed by atoms with E-state index in [4.69, 9.17) is 11.6 Å². The predicted molar refractivity (Wildman–Crippen MR) is 127 cm³/mol. The minimum absolute atomic E-state index is 0.0711. The highest BCUT2D eigenvalue weighted by Crippen LogP contribution is 2.30. The summed E-state index contributed by atoms with van der Waals surface area (Å²) < 4.78 is 0. The van der Waals surface area contributed by atoms with Crippen LogP contribution in [0.1, 0.15) is 33.6 Å². The number of carbonyl (C=O) groups excluding carboxylic acids is 3. The van der Waals surface area contributed by atoms with Crippen LogP contribution in [0.3, 0.4) is 0 Å². The summed E-state index contributed by atoms with van der Waals surface area (Å²) in [6.45, 7) is 1.45. The number of anilines is 3. The molecule has 0 spiro atoms. The molecule has 0 atom stereocenters. The van der Waals surface area contributed by atoms with Gasteiger partial charge in [-0.3, -0.25) is 14.4 Å². The van der Waals surface area contributed by atoms with Crippen LogP contribution in [0.25, 0.3) is 0 Å². The molecule has 0 radical (unpaired) electrons. The SMILES string of the molecule is O=C(Nc1cccc(N2C(=O)c3ccccc3C2=O)c1)C1CCN(c2ccc(Cl)cn2)CC1. The van der Waals surface area contributed by atoms with E-state index in [2.05, 4.69) is 15.2 Å². The minimum atomic E-state index is -0.359. The molecule has 3 aromatic rings.